The van der Waals surface area contributed by atoms with Gasteiger partial charge in [0.25, 0.3) is 0 Å². The summed E-state index contributed by atoms with van der Waals surface area (Å²) >= 11 is 0. The van der Waals surface area contributed by atoms with E-state index >= 15 is 0 Å². The number of anilines is 2. The average molecular weight is 182 g/mol. The quantitative estimate of drug-likeness (QED) is 0.599. The van der Waals surface area contributed by atoms with Crippen LogP contribution < -0.4 is 15.8 Å². The molecule has 4 N–H and O–H groups in total. The van der Waals surface area contributed by atoms with Gasteiger partial charge in [-0.3, -0.25) is 0 Å². The van der Waals surface area contributed by atoms with Gasteiger partial charge in [-0.25, -0.2) is 0 Å². The van der Waals surface area contributed by atoms with Crippen LogP contribution in [0, 0.1) is 0 Å². The van der Waals surface area contributed by atoms with Gasteiger partial charge in [-0.15, -0.1) is 0 Å². The maximum absolute atomic E-state index is 8.64. The van der Waals surface area contributed by atoms with Gasteiger partial charge in [0.15, 0.2) is 0 Å². The summed E-state index contributed by atoms with van der Waals surface area (Å²) in [6.07, 6.45) is 0. The van der Waals surface area contributed by atoms with Gasteiger partial charge in [-0.05, 0) is 12.1 Å². The van der Waals surface area contributed by atoms with Gasteiger partial charge in [-0.1, -0.05) is 6.07 Å². The second-order valence-corrected chi connectivity index (χ2v) is 2.57. The summed E-state index contributed by atoms with van der Waals surface area (Å²) in [4.78, 5) is 0. The van der Waals surface area contributed by atoms with Gasteiger partial charge >= 0.3 is 0 Å². The van der Waals surface area contributed by atoms with Gasteiger partial charge in [0.05, 0.1) is 19.4 Å². The van der Waals surface area contributed by atoms with E-state index in [1.165, 1.54) is 0 Å². The fourth-order valence-electron chi connectivity index (χ4n) is 1.09. The highest BCUT2D eigenvalue weighted by Gasteiger charge is 2.04. The molecule has 0 aliphatic rings. The second kappa shape index (κ2) is 4.57. The summed E-state index contributed by atoms with van der Waals surface area (Å²) in [6, 6.07) is 5.41. The lowest BCUT2D eigenvalue weighted by atomic mass is 10.2. The third kappa shape index (κ3) is 2.26. The number of aliphatic hydroxyl groups excluding tert-OH is 1. The number of nitrogen functional groups attached to an aromatic ring is 1. The van der Waals surface area contributed by atoms with Crippen LogP contribution in [0.4, 0.5) is 11.4 Å². The highest BCUT2D eigenvalue weighted by Crippen LogP contribution is 2.29. The van der Waals surface area contributed by atoms with Crippen molar-refractivity contribution in [1.29, 1.82) is 0 Å². The van der Waals surface area contributed by atoms with Crippen LogP contribution in [0.25, 0.3) is 0 Å². The molecule has 0 heterocycles. The molecule has 0 fully saturated rings. The molecule has 1 aromatic rings. The second-order valence-electron chi connectivity index (χ2n) is 2.57. The number of hydrogen-bond donors (Lipinski definition) is 3. The zero-order chi connectivity index (χ0) is 9.68. The first kappa shape index (κ1) is 9.67. The first-order chi connectivity index (χ1) is 6.29. The number of aliphatic hydroxyl groups is 1. The Bertz CT molecular complexity index is 276. The Morgan fingerprint density at radius 2 is 2.31 bits per heavy atom. The van der Waals surface area contributed by atoms with Crippen LogP contribution in [0.2, 0.25) is 0 Å². The van der Waals surface area contributed by atoms with Crippen LogP contribution in [0.1, 0.15) is 0 Å². The SMILES string of the molecule is COc1cccc(N)c1NCCO. The number of ether oxygens (including phenoxy) is 1. The van der Waals surface area contributed by atoms with Crippen molar-refractivity contribution < 1.29 is 9.84 Å². The van der Waals surface area contributed by atoms with Crippen LogP contribution in [0.3, 0.4) is 0 Å². The molecule has 0 saturated heterocycles. The minimum absolute atomic E-state index is 0.0670. The minimum Gasteiger partial charge on any atom is -0.495 e. The van der Waals surface area contributed by atoms with Crippen LogP contribution >= 0.6 is 0 Å². The Morgan fingerprint density at radius 3 is 2.92 bits per heavy atom. The maximum atomic E-state index is 8.64. The van der Waals surface area contributed by atoms with Gasteiger partial charge in [0, 0.05) is 6.54 Å². The minimum atomic E-state index is 0.0670. The Kier molecular flexibility index (Phi) is 3.40. The van der Waals surface area contributed by atoms with Crippen molar-refractivity contribution in [3.8, 4) is 5.75 Å². The fraction of sp³-hybridized carbons (Fsp3) is 0.333. The Balaban J connectivity index is 2.87. The lowest BCUT2D eigenvalue weighted by Crippen LogP contribution is -2.08. The molecule has 4 heteroatoms. The van der Waals surface area contributed by atoms with E-state index in [0.717, 1.165) is 5.69 Å². The molecule has 0 spiro atoms. The number of para-hydroxylation sites is 1. The maximum Gasteiger partial charge on any atom is 0.144 e. The van der Waals surface area contributed by atoms with Crippen molar-refractivity contribution in [2.45, 2.75) is 0 Å². The van der Waals surface area contributed by atoms with Crippen molar-refractivity contribution in [1.82, 2.24) is 0 Å². The van der Waals surface area contributed by atoms with Gasteiger partial charge in [-0.2, -0.15) is 0 Å². The number of methoxy groups -OCH3 is 1. The number of nitrogens with one attached hydrogen (secondary N) is 1. The number of benzene rings is 1. The van der Waals surface area contributed by atoms with Crippen molar-refractivity contribution in [2.24, 2.45) is 0 Å². The standard InChI is InChI=1S/C9H14N2O2/c1-13-8-4-2-3-7(10)9(8)11-5-6-12/h2-4,11-12H,5-6,10H2,1H3. The average Bonchev–Trinajstić information content (AvgIpc) is 2.15. The van der Waals surface area contributed by atoms with E-state index in [0.29, 0.717) is 18.0 Å². The molecular formula is C9H14N2O2. The third-order valence-electron chi connectivity index (χ3n) is 1.69. The number of hydrogen-bond acceptors (Lipinski definition) is 4. The normalized spacial score (nSPS) is 9.69. The van der Waals surface area contributed by atoms with Gasteiger partial charge in [0.2, 0.25) is 0 Å². The molecule has 72 valence electrons. The molecule has 0 bridgehead atoms. The lowest BCUT2D eigenvalue weighted by molar-refractivity contribution is 0.311. The Morgan fingerprint density at radius 1 is 1.54 bits per heavy atom. The molecule has 0 aliphatic heterocycles. The van der Waals surface area contributed by atoms with Crippen molar-refractivity contribution in [2.75, 3.05) is 31.3 Å². The van der Waals surface area contributed by atoms with Crippen LogP contribution in [0.15, 0.2) is 18.2 Å². The molecule has 1 rings (SSSR count). The molecular weight excluding hydrogens is 168 g/mol. The Hall–Kier alpha value is -1.42. The van der Waals surface area contributed by atoms with E-state index < -0.39 is 0 Å². The lowest BCUT2D eigenvalue weighted by Gasteiger charge is -2.12. The van der Waals surface area contributed by atoms with Gasteiger partial charge < -0.3 is 20.9 Å². The zero-order valence-corrected chi connectivity index (χ0v) is 7.58. The summed E-state index contributed by atoms with van der Waals surface area (Å²) in [5.74, 6) is 0.688. The smallest absolute Gasteiger partial charge is 0.144 e. The first-order valence-electron chi connectivity index (χ1n) is 4.06. The summed E-state index contributed by atoms with van der Waals surface area (Å²) < 4.78 is 5.10. The molecule has 0 unspecified atom stereocenters. The first-order valence-corrected chi connectivity index (χ1v) is 4.06. The summed E-state index contributed by atoms with van der Waals surface area (Å²) in [7, 11) is 1.58. The molecule has 0 aromatic heterocycles. The Labute approximate surface area is 77.3 Å². The van der Waals surface area contributed by atoms with Gasteiger partial charge in [0.1, 0.15) is 11.4 Å². The predicted molar refractivity (Wildman–Crippen MR) is 53.0 cm³/mol. The predicted octanol–water partition coefficient (Wildman–Crippen LogP) is 0.682. The molecule has 0 saturated carbocycles. The van der Waals surface area contributed by atoms with E-state index in [4.69, 9.17) is 15.6 Å². The van der Waals surface area contributed by atoms with Crippen molar-refractivity contribution in [3.63, 3.8) is 0 Å². The monoisotopic (exact) mass is 182 g/mol. The van der Waals surface area contributed by atoms with E-state index in [1.807, 2.05) is 12.1 Å². The number of nitrogens with two attached hydrogens (primary N) is 1. The molecule has 0 radical (unpaired) electrons. The van der Waals surface area contributed by atoms with E-state index in [-0.39, 0.29) is 6.61 Å². The topological polar surface area (TPSA) is 67.5 Å². The van der Waals surface area contributed by atoms with E-state index in [2.05, 4.69) is 5.32 Å². The fourth-order valence-corrected chi connectivity index (χ4v) is 1.09. The molecule has 0 atom stereocenters. The molecule has 1 aromatic carbocycles. The molecule has 0 amide bonds. The molecule has 0 aliphatic carbocycles. The van der Waals surface area contributed by atoms with Crippen molar-refractivity contribution in [3.05, 3.63) is 18.2 Å². The summed E-state index contributed by atoms with van der Waals surface area (Å²) in [5, 5.41) is 11.6. The van der Waals surface area contributed by atoms with Crippen LogP contribution in [-0.4, -0.2) is 25.4 Å². The van der Waals surface area contributed by atoms with Crippen LogP contribution in [0.5, 0.6) is 5.75 Å². The van der Waals surface area contributed by atoms with E-state index in [9.17, 15) is 0 Å². The summed E-state index contributed by atoms with van der Waals surface area (Å²) in [6.45, 7) is 0.530. The van der Waals surface area contributed by atoms with Crippen molar-refractivity contribution >= 4 is 11.4 Å². The zero-order valence-electron chi connectivity index (χ0n) is 7.58. The molecule has 13 heavy (non-hydrogen) atoms. The third-order valence-corrected chi connectivity index (χ3v) is 1.69. The summed E-state index contributed by atoms with van der Waals surface area (Å²) in [5.41, 5.74) is 7.07. The van der Waals surface area contributed by atoms with Crippen LogP contribution in [-0.2, 0) is 0 Å². The highest BCUT2D eigenvalue weighted by atomic mass is 16.5. The largest absolute Gasteiger partial charge is 0.495 e. The highest BCUT2D eigenvalue weighted by molar-refractivity contribution is 5.73. The number of rotatable bonds is 4. The van der Waals surface area contributed by atoms with E-state index in [1.54, 1.807) is 13.2 Å². The molecule has 4 nitrogen and oxygen atoms in total.